The molecule has 2 aromatic carbocycles. The number of ether oxygens (including phenoxy) is 1. The van der Waals surface area contributed by atoms with E-state index in [1.54, 1.807) is 38.3 Å². The number of halogens is 2. The summed E-state index contributed by atoms with van der Waals surface area (Å²) in [6.45, 7) is 3.64. The van der Waals surface area contributed by atoms with Gasteiger partial charge in [0.25, 0.3) is 0 Å². The van der Waals surface area contributed by atoms with Crippen LogP contribution in [-0.4, -0.2) is 74.8 Å². The molecular weight excluding hydrogens is 504 g/mol. The second-order valence-corrected chi connectivity index (χ2v) is 11.0. The van der Waals surface area contributed by atoms with Gasteiger partial charge in [0.2, 0.25) is 0 Å². The predicted octanol–water partition coefficient (Wildman–Crippen LogP) is 3.10. The van der Waals surface area contributed by atoms with Crippen LogP contribution in [0.4, 0.5) is 19.4 Å². The highest BCUT2D eigenvalue weighted by Crippen LogP contribution is 2.30. The van der Waals surface area contributed by atoms with Crippen LogP contribution < -0.4 is 10.6 Å². The van der Waals surface area contributed by atoms with Crippen molar-refractivity contribution in [2.75, 3.05) is 44.9 Å². The van der Waals surface area contributed by atoms with Gasteiger partial charge >= 0.3 is 6.03 Å². The number of nitrogens with one attached hydrogen (secondary N) is 2. The standard InChI is InChI=1S/C25H29F2N5O4S/c1-16-23(32(18-7-5-4-6-8-18)30-24(16)37(3,34)35)29-25(33)28-22-15-31(11-12-36-2)14-19(22)17-9-10-20(26)21(27)13-17/h4-10,13,19,22H,11-12,14-15H2,1-3H3,(H2,28,29,33)/t19-,22+/m0/s1. The fourth-order valence-corrected chi connectivity index (χ4v) is 5.44. The molecule has 2 amide bonds. The Labute approximate surface area is 214 Å². The van der Waals surface area contributed by atoms with Crippen molar-refractivity contribution in [3.05, 3.63) is 71.3 Å². The topological polar surface area (TPSA) is 106 Å². The molecule has 3 aromatic rings. The van der Waals surface area contributed by atoms with Gasteiger partial charge in [0, 0.05) is 44.5 Å². The number of carbonyl (C=O) groups excluding carboxylic acids is 1. The van der Waals surface area contributed by atoms with Crippen molar-refractivity contribution in [2.45, 2.75) is 23.9 Å². The van der Waals surface area contributed by atoms with E-state index in [-0.39, 0.29) is 16.8 Å². The monoisotopic (exact) mass is 533 g/mol. The van der Waals surface area contributed by atoms with Crippen LogP contribution in [0.25, 0.3) is 5.69 Å². The van der Waals surface area contributed by atoms with Crippen molar-refractivity contribution < 1.29 is 26.7 Å². The van der Waals surface area contributed by atoms with E-state index in [4.69, 9.17) is 4.74 Å². The van der Waals surface area contributed by atoms with E-state index in [2.05, 4.69) is 20.6 Å². The van der Waals surface area contributed by atoms with Gasteiger partial charge in [0.05, 0.1) is 18.3 Å². The summed E-state index contributed by atoms with van der Waals surface area (Å²) in [5.41, 5.74) is 1.43. The van der Waals surface area contributed by atoms with E-state index in [0.29, 0.717) is 43.1 Å². The molecule has 1 aliphatic rings. The third-order valence-corrected chi connectivity index (χ3v) is 7.45. The highest BCUT2D eigenvalue weighted by atomic mass is 32.2. The van der Waals surface area contributed by atoms with Crippen molar-refractivity contribution in [3.8, 4) is 5.69 Å². The van der Waals surface area contributed by atoms with Crippen molar-refractivity contribution in [3.63, 3.8) is 0 Å². The van der Waals surface area contributed by atoms with Crippen LogP contribution in [0.2, 0.25) is 0 Å². The number of para-hydroxylation sites is 1. The van der Waals surface area contributed by atoms with E-state index in [9.17, 15) is 22.0 Å². The predicted molar refractivity (Wildman–Crippen MR) is 135 cm³/mol. The largest absolute Gasteiger partial charge is 0.383 e. The Balaban J connectivity index is 1.61. The Morgan fingerprint density at radius 2 is 1.86 bits per heavy atom. The molecule has 0 radical (unpaired) electrons. The minimum atomic E-state index is -3.66. The van der Waals surface area contributed by atoms with Crippen LogP contribution in [0.3, 0.4) is 0 Å². The molecule has 1 fully saturated rings. The van der Waals surface area contributed by atoms with Gasteiger partial charge < -0.3 is 10.1 Å². The minimum absolute atomic E-state index is 0.141. The van der Waals surface area contributed by atoms with Gasteiger partial charge in [-0.05, 0) is 36.8 Å². The molecule has 198 valence electrons. The molecule has 4 rings (SSSR count). The molecule has 37 heavy (non-hydrogen) atoms. The Morgan fingerprint density at radius 1 is 1.14 bits per heavy atom. The molecule has 0 spiro atoms. The zero-order valence-electron chi connectivity index (χ0n) is 20.7. The number of hydrogen-bond donors (Lipinski definition) is 2. The molecule has 0 saturated carbocycles. The molecule has 0 aliphatic carbocycles. The smallest absolute Gasteiger partial charge is 0.320 e. The Bertz CT molecular complexity index is 1380. The maximum absolute atomic E-state index is 14.0. The van der Waals surface area contributed by atoms with Crippen molar-refractivity contribution in [1.82, 2.24) is 20.0 Å². The van der Waals surface area contributed by atoms with Crippen molar-refractivity contribution in [2.24, 2.45) is 0 Å². The van der Waals surface area contributed by atoms with Crippen LogP contribution in [0.1, 0.15) is 17.0 Å². The third-order valence-electron chi connectivity index (χ3n) is 6.36. The highest BCUT2D eigenvalue weighted by molar-refractivity contribution is 7.90. The summed E-state index contributed by atoms with van der Waals surface area (Å²) < 4.78 is 58.7. The summed E-state index contributed by atoms with van der Waals surface area (Å²) in [7, 11) is -2.07. The van der Waals surface area contributed by atoms with Gasteiger partial charge in [0.1, 0.15) is 5.82 Å². The van der Waals surface area contributed by atoms with Crippen molar-refractivity contribution in [1.29, 1.82) is 0 Å². The fourth-order valence-electron chi connectivity index (χ4n) is 4.56. The molecule has 1 saturated heterocycles. The number of aromatic nitrogens is 2. The maximum atomic E-state index is 14.0. The van der Waals surface area contributed by atoms with Crippen LogP contribution in [0.5, 0.6) is 0 Å². The quantitative estimate of drug-likeness (QED) is 0.461. The first-order valence-electron chi connectivity index (χ1n) is 11.7. The number of benzene rings is 2. The zero-order valence-corrected chi connectivity index (χ0v) is 21.6. The highest BCUT2D eigenvalue weighted by Gasteiger charge is 2.35. The van der Waals surface area contributed by atoms with Crippen LogP contribution in [0, 0.1) is 18.6 Å². The summed E-state index contributed by atoms with van der Waals surface area (Å²) in [4.78, 5) is 15.3. The zero-order chi connectivity index (χ0) is 26.7. The second kappa shape index (κ2) is 11.0. The summed E-state index contributed by atoms with van der Waals surface area (Å²) in [6.07, 6.45) is 1.06. The summed E-state index contributed by atoms with van der Waals surface area (Å²) in [6, 6.07) is 11.6. The summed E-state index contributed by atoms with van der Waals surface area (Å²) in [5.74, 6) is -1.98. The molecular formula is C25H29F2N5O4S. The lowest BCUT2D eigenvalue weighted by molar-refractivity contribution is 0.159. The van der Waals surface area contributed by atoms with Gasteiger partial charge in [0.15, 0.2) is 26.5 Å². The Morgan fingerprint density at radius 3 is 2.51 bits per heavy atom. The van der Waals surface area contributed by atoms with E-state index < -0.39 is 33.5 Å². The Hall–Kier alpha value is -3.35. The molecule has 0 bridgehead atoms. The first-order valence-corrected chi connectivity index (χ1v) is 13.6. The van der Waals surface area contributed by atoms with E-state index >= 15 is 0 Å². The lowest BCUT2D eigenvalue weighted by atomic mass is 9.94. The van der Waals surface area contributed by atoms with Gasteiger partial charge in [-0.2, -0.15) is 5.10 Å². The average molecular weight is 534 g/mol. The number of amides is 2. The van der Waals surface area contributed by atoms with E-state index in [0.717, 1.165) is 18.4 Å². The van der Waals surface area contributed by atoms with Gasteiger partial charge in [-0.1, -0.05) is 24.3 Å². The lowest BCUT2D eigenvalue weighted by Crippen LogP contribution is -2.42. The number of carbonyl (C=O) groups is 1. The SMILES string of the molecule is COCCN1C[C@@H](NC(=O)Nc2c(C)c(S(C)(=O)=O)nn2-c2ccccc2)[C@H](c2ccc(F)c(F)c2)C1. The second-order valence-electron chi connectivity index (χ2n) is 9.04. The van der Waals surface area contributed by atoms with Crippen molar-refractivity contribution >= 4 is 21.7 Å². The Kier molecular flexibility index (Phi) is 7.90. The van der Waals surface area contributed by atoms with Crippen LogP contribution >= 0.6 is 0 Å². The number of sulfone groups is 1. The number of urea groups is 1. The lowest BCUT2D eigenvalue weighted by Gasteiger charge is -2.21. The molecule has 0 unspecified atom stereocenters. The van der Waals surface area contributed by atoms with Crippen LogP contribution in [0.15, 0.2) is 53.6 Å². The number of nitrogens with zero attached hydrogens (tertiary/aromatic N) is 3. The average Bonchev–Trinajstić information content (AvgIpc) is 3.40. The number of methoxy groups -OCH3 is 1. The van der Waals surface area contributed by atoms with Crippen LogP contribution in [-0.2, 0) is 14.6 Å². The first kappa shape index (κ1) is 26.7. The molecule has 1 aliphatic heterocycles. The summed E-state index contributed by atoms with van der Waals surface area (Å²) >= 11 is 0. The molecule has 1 aromatic heterocycles. The third kappa shape index (κ3) is 5.97. The minimum Gasteiger partial charge on any atom is -0.383 e. The number of rotatable bonds is 8. The number of anilines is 1. The van der Waals surface area contributed by atoms with Gasteiger partial charge in [-0.25, -0.2) is 26.7 Å². The molecule has 9 nitrogen and oxygen atoms in total. The maximum Gasteiger partial charge on any atom is 0.320 e. The van der Waals surface area contributed by atoms with Gasteiger partial charge in [-0.15, -0.1) is 0 Å². The fraction of sp³-hybridized carbons (Fsp3) is 0.360. The molecule has 2 N–H and O–H groups in total. The first-order chi connectivity index (χ1) is 17.6. The van der Waals surface area contributed by atoms with E-state index in [1.807, 2.05) is 6.07 Å². The number of likely N-dealkylation sites (tertiary alicyclic amines) is 1. The number of hydrogen-bond acceptors (Lipinski definition) is 6. The van der Waals surface area contributed by atoms with Gasteiger partial charge in [-0.3, -0.25) is 10.2 Å². The molecule has 2 heterocycles. The molecule has 12 heteroatoms. The summed E-state index contributed by atoms with van der Waals surface area (Å²) in [5, 5.41) is 9.80. The normalized spacial score (nSPS) is 18.2. The van der Waals surface area contributed by atoms with E-state index in [1.165, 1.54) is 10.7 Å². The molecule has 2 atom stereocenters.